The van der Waals surface area contributed by atoms with Gasteiger partial charge >= 0.3 is 0 Å². The van der Waals surface area contributed by atoms with Crippen molar-refractivity contribution in [3.05, 3.63) is 30.1 Å². The predicted octanol–water partition coefficient (Wildman–Crippen LogP) is 1.42. The molecule has 5 heteroatoms. The summed E-state index contributed by atoms with van der Waals surface area (Å²) in [5.74, 6) is 0.0988. The van der Waals surface area contributed by atoms with Gasteiger partial charge in [-0.2, -0.15) is 0 Å². The summed E-state index contributed by atoms with van der Waals surface area (Å²) < 4.78 is 2.11. The molecule has 106 valence electrons. The van der Waals surface area contributed by atoms with Gasteiger partial charge in [-0.05, 0) is 44.0 Å². The zero-order chi connectivity index (χ0) is 13.9. The zero-order valence-corrected chi connectivity index (χ0v) is 11.7. The SMILES string of the molecule is CCn1cnc2cc(CNC(=O)C3CCCN3)ccc21. The highest BCUT2D eigenvalue weighted by molar-refractivity contribution is 5.82. The molecule has 0 radical (unpaired) electrons. The molecule has 0 spiro atoms. The highest BCUT2D eigenvalue weighted by Gasteiger charge is 2.21. The van der Waals surface area contributed by atoms with Crippen LogP contribution in [0.15, 0.2) is 24.5 Å². The topological polar surface area (TPSA) is 59.0 Å². The first kappa shape index (κ1) is 13.1. The third-order valence-corrected chi connectivity index (χ3v) is 3.87. The number of nitrogens with zero attached hydrogens (tertiary/aromatic N) is 2. The Balaban J connectivity index is 1.66. The van der Waals surface area contributed by atoms with Crippen molar-refractivity contribution in [2.45, 2.75) is 38.9 Å². The average molecular weight is 272 g/mol. The molecule has 1 atom stereocenters. The summed E-state index contributed by atoms with van der Waals surface area (Å²) in [6.45, 7) is 4.52. The molecule has 1 aromatic heterocycles. The number of carbonyl (C=O) groups is 1. The molecule has 3 rings (SSSR count). The highest BCUT2D eigenvalue weighted by atomic mass is 16.2. The van der Waals surface area contributed by atoms with Gasteiger partial charge in [0.15, 0.2) is 0 Å². The van der Waals surface area contributed by atoms with E-state index < -0.39 is 0 Å². The normalized spacial score (nSPS) is 18.6. The molecule has 2 aromatic rings. The van der Waals surface area contributed by atoms with Crippen molar-refractivity contribution in [1.29, 1.82) is 0 Å². The summed E-state index contributed by atoms with van der Waals surface area (Å²) >= 11 is 0. The van der Waals surface area contributed by atoms with Crippen LogP contribution in [0.2, 0.25) is 0 Å². The number of amides is 1. The van der Waals surface area contributed by atoms with E-state index in [-0.39, 0.29) is 11.9 Å². The Hall–Kier alpha value is -1.88. The van der Waals surface area contributed by atoms with Gasteiger partial charge in [-0.3, -0.25) is 4.79 Å². The molecule has 0 aliphatic carbocycles. The molecule has 1 unspecified atom stereocenters. The summed E-state index contributed by atoms with van der Waals surface area (Å²) in [5, 5.41) is 6.20. The van der Waals surface area contributed by atoms with Crippen LogP contribution in [0.4, 0.5) is 0 Å². The summed E-state index contributed by atoms with van der Waals surface area (Å²) in [7, 11) is 0. The van der Waals surface area contributed by atoms with E-state index in [1.54, 1.807) is 0 Å². The maximum absolute atomic E-state index is 11.9. The highest BCUT2D eigenvalue weighted by Crippen LogP contribution is 2.15. The summed E-state index contributed by atoms with van der Waals surface area (Å²) in [5.41, 5.74) is 3.21. The molecule has 0 saturated carbocycles. The third-order valence-electron chi connectivity index (χ3n) is 3.87. The van der Waals surface area contributed by atoms with Crippen molar-refractivity contribution in [1.82, 2.24) is 20.2 Å². The minimum absolute atomic E-state index is 0.0157. The number of carbonyl (C=O) groups excluding carboxylic acids is 1. The molecule has 5 nitrogen and oxygen atoms in total. The van der Waals surface area contributed by atoms with E-state index in [9.17, 15) is 4.79 Å². The average Bonchev–Trinajstić information content (AvgIpc) is 3.13. The van der Waals surface area contributed by atoms with Crippen LogP contribution in [0.3, 0.4) is 0 Å². The van der Waals surface area contributed by atoms with Gasteiger partial charge in [-0.1, -0.05) is 6.07 Å². The van der Waals surface area contributed by atoms with Gasteiger partial charge in [-0.15, -0.1) is 0 Å². The molecule has 1 amide bonds. The maximum atomic E-state index is 11.9. The number of imidazole rings is 1. The first-order valence-corrected chi connectivity index (χ1v) is 7.23. The van der Waals surface area contributed by atoms with Crippen LogP contribution in [0.25, 0.3) is 11.0 Å². The number of rotatable bonds is 4. The fourth-order valence-corrected chi connectivity index (χ4v) is 2.69. The van der Waals surface area contributed by atoms with Crippen LogP contribution in [0.5, 0.6) is 0 Å². The lowest BCUT2D eigenvalue weighted by Gasteiger charge is -2.11. The molecule has 20 heavy (non-hydrogen) atoms. The molecule has 0 bridgehead atoms. The smallest absolute Gasteiger partial charge is 0.237 e. The lowest BCUT2D eigenvalue weighted by molar-refractivity contribution is -0.122. The number of aromatic nitrogens is 2. The van der Waals surface area contributed by atoms with Gasteiger partial charge in [0.2, 0.25) is 5.91 Å². The number of nitrogens with one attached hydrogen (secondary N) is 2. The first-order chi connectivity index (χ1) is 9.78. The second kappa shape index (κ2) is 5.63. The minimum atomic E-state index is -0.0157. The molecular weight excluding hydrogens is 252 g/mol. The standard InChI is InChI=1S/C15H20N4O/c1-2-19-10-18-13-8-11(5-6-14(13)19)9-17-15(20)12-4-3-7-16-12/h5-6,8,10,12,16H,2-4,7,9H2,1H3,(H,17,20). The van der Waals surface area contributed by atoms with Gasteiger partial charge in [0.1, 0.15) is 0 Å². The Labute approximate surface area is 118 Å². The molecule has 1 fully saturated rings. The summed E-state index contributed by atoms with van der Waals surface area (Å²) in [6.07, 6.45) is 3.87. The van der Waals surface area contributed by atoms with E-state index in [1.165, 1.54) is 0 Å². The molecule has 1 aliphatic heterocycles. The number of fused-ring (bicyclic) bond motifs is 1. The quantitative estimate of drug-likeness (QED) is 0.885. The van der Waals surface area contributed by atoms with Crippen LogP contribution >= 0.6 is 0 Å². The number of hydrogen-bond donors (Lipinski definition) is 2. The Morgan fingerprint density at radius 1 is 1.55 bits per heavy atom. The number of benzene rings is 1. The van der Waals surface area contributed by atoms with Crippen LogP contribution in [-0.2, 0) is 17.9 Å². The van der Waals surface area contributed by atoms with E-state index in [1.807, 2.05) is 12.4 Å². The Bertz CT molecular complexity index is 613. The van der Waals surface area contributed by atoms with Gasteiger partial charge in [0.25, 0.3) is 0 Å². The number of aryl methyl sites for hydroxylation is 1. The van der Waals surface area contributed by atoms with Crippen molar-refractivity contribution in [2.75, 3.05) is 6.54 Å². The van der Waals surface area contributed by atoms with Crippen molar-refractivity contribution in [3.63, 3.8) is 0 Å². The van der Waals surface area contributed by atoms with Crippen LogP contribution in [0, 0.1) is 0 Å². The lowest BCUT2D eigenvalue weighted by Crippen LogP contribution is -2.39. The fraction of sp³-hybridized carbons (Fsp3) is 0.467. The largest absolute Gasteiger partial charge is 0.351 e. The van der Waals surface area contributed by atoms with E-state index in [0.29, 0.717) is 6.54 Å². The van der Waals surface area contributed by atoms with Crippen LogP contribution in [0.1, 0.15) is 25.3 Å². The molecule has 1 aliphatic rings. The van der Waals surface area contributed by atoms with E-state index in [2.05, 4.69) is 39.2 Å². The Kier molecular flexibility index (Phi) is 3.69. The third kappa shape index (κ3) is 2.54. The summed E-state index contributed by atoms with van der Waals surface area (Å²) in [4.78, 5) is 16.3. The first-order valence-electron chi connectivity index (χ1n) is 7.23. The summed E-state index contributed by atoms with van der Waals surface area (Å²) in [6, 6.07) is 6.15. The molecular formula is C15H20N4O. The molecule has 1 aromatic carbocycles. The van der Waals surface area contributed by atoms with Gasteiger partial charge in [0.05, 0.1) is 23.4 Å². The lowest BCUT2D eigenvalue weighted by atomic mass is 10.1. The Morgan fingerprint density at radius 2 is 2.45 bits per heavy atom. The zero-order valence-electron chi connectivity index (χ0n) is 11.7. The van der Waals surface area contributed by atoms with E-state index >= 15 is 0 Å². The minimum Gasteiger partial charge on any atom is -0.351 e. The molecule has 2 heterocycles. The van der Waals surface area contributed by atoms with Gasteiger partial charge < -0.3 is 15.2 Å². The van der Waals surface area contributed by atoms with Gasteiger partial charge in [-0.25, -0.2) is 4.98 Å². The van der Waals surface area contributed by atoms with Crippen LogP contribution in [-0.4, -0.2) is 28.0 Å². The van der Waals surface area contributed by atoms with Crippen molar-refractivity contribution >= 4 is 16.9 Å². The van der Waals surface area contributed by atoms with Crippen LogP contribution < -0.4 is 10.6 Å². The van der Waals surface area contributed by atoms with E-state index in [0.717, 1.165) is 42.5 Å². The van der Waals surface area contributed by atoms with Crippen molar-refractivity contribution in [2.24, 2.45) is 0 Å². The van der Waals surface area contributed by atoms with E-state index in [4.69, 9.17) is 0 Å². The van der Waals surface area contributed by atoms with Crippen molar-refractivity contribution in [3.8, 4) is 0 Å². The molecule has 2 N–H and O–H groups in total. The van der Waals surface area contributed by atoms with Gasteiger partial charge in [0, 0.05) is 13.1 Å². The monoisotopic (exact) mass is 272 g/mol. The molecule has 1 saturated heterocycles. The second-order valence-electron chi connectivity index (χ2n) is 5.22. The second-order valence-corrected chi connectivity index (χ2v) is 5.22. The Morgan fingerprint density at radius 3 is 3.20 bits per heavy atom. The predicted molar refractivity (Wildman–Crippen MR) is 78.3 cm³/mol. The number of hydrogen-bond acceptors (Lipinski definition) is 3. The maximum Gasteiger partial charge on any atom is 0.237 e. The van der Waals surface area contributed by atoms with Crippen molar-refractivity contribution < 1.29 is 4.79 Å². The fourth-order valence-electron chi connectivity index (χ4n) is 2.69.